The van der Waals surface area contributed by atoms with Gasteiger partial charge in [0.25, 0.3) is 0 Å². The van der Waals surface area contributed by atoms with E-state index in [1.807, 2.05) is 18.4 Å². The van der Waals surface area contributed by atoms with Crippen LogP contribution in [0.15, 0.2) is 34.9 Å². The smallest absolute Gasteiger partial charge is 0.134 e. The summed E-state index contributed by atoms with van der Waals surface area (Å²) in [5.74, 6) is 0. The molecule has 0 amide bonds. The maximum absolute atomic E-state index is 5.66. The van der Waals surface area contributed by atoms with Gasteiger partial charge in [0, 0.05) is 30.1 Å². The molecular weight excluding hydrogens is 248 g/mol. The standard InChI is InChI=1S/C17H24N2O/c1-2-10-19(12-15-6-5-9-18-15)11-14-13-20-17-8-4-3-7-16(14)17/h3-4,7-8,13,15,18H,2,5-6,9-12H2,1H3. The van der Waals surface area contributed by atoms with E-state index in [1.54, 1.807) is 0 Å². The van der Waals surface area contributed by atoms with Crippen molar-refractivity contribution < 1.29 is 4.42 Å². The molecule has 1 aromatic heterocycles. The van der Waals surface area contributed by atoms with Gasteiger partial charge < -0.3 is 9.73 Å². The molecule has 108 valence electrons. The fraction of sp³-hybridized carbons (Fsp3) is 0.529. The molecule has 0 radical (unpaired) electrons. The van der Waals surface area contributed by atoms with E-state index in [0.717, 1.165) is 25.2 Å². The summed E-state index contributed by atoms with van der Waals surface area (Å²) in [6.45, 7) is 6.72. The predicted molar refractivity (Wildman–Crippen MR) is 82.8 cm³/mol. The van der Waals surface area contributed by atoms with Crippen LogP contribution in [-0.2, 0) is 6.54 Å². The van der Waals surface area contributed by atoms with E-state index in [-0.39, 0.29) is 0 Å². The van der Waals surface area contributed by atoms with E-state index in [9.17, 15) is 0 Å². The number of rotatable bonds is 6. The van der Waals surface area contributed by atoms with Gasteiger partial charge in [-0.25, -0.2) is 0 Å². The largest absolute Gasteiger partial charge is 0.464 e. The lowest BCUT2D eigenvalue weighted by atomic mass is 10.1. The first kappa shape index (κ1) is 13.7. The maximum Gasteiger partial charge on any atom is 0.134 e. The van der Waals surface area contributed by atoms with Crippen molar-refractivity contribution in [1.82, 2.24) is 10.2 Å². The number of fused-ring (bicyclic) bond motifs is 1. The number of nitrogens with one attached hydrogen (secondary N) is 1. The van der Waals surface area contributed by atoms with E-state index in [0.29, 0.717) is 6.04 Å². The average Bonchev–Trinajstić information content (AvgIpc) is 3.10. The van der Waals surface area contributed by atoms with Crippen LogP contribution in [-0.4, -0.2) is 30.6 Å². The molecule has 2 aromatic rings. The summed E-state index contributed by atoms with van der Waals surface area (Å²) in [5, 5.41) is 4.85. The second-order valence-electron chi connectivity index (χ2n) is 5.79. The minimum absolute atomic E-state index is 0.666. The molecule has 0 bridgehead atoms. The summed E-state index contributed by atoms with van der Waals surface area (Å²) in [5.41, 5.74) is 2.31. The summed E-state index contributed by atoms with van der Waals surface area (Å²) in [4.78, 5) is 2.56. The molecule has 20 heavy (non-hydrogen) atoms. The van der Waals surface area contributed by atoms with E-state index in [1.165, 1.54) is 36.8 Å². The molecular formula is C17H24N2O. The molecule has 1 fully saturated rings. The van der Waals surface area contributed by atoms with Crippen molar-refractivity contribution in [1.29, 1.82) is 0 Å². The second kappa shape index (κ2) is 6.42. The highest BCUT2D eigenvalue weighted by Gasteiger charge is 2.18. The number of para-hydroxylation sites is 1. The monoisotopic (exact) mass is 272 g/mol. The molecule has 1 saturated heterocycles. The van der Waals surface area contributed by atoms with Gasteiger partial charge in [0.1, 0.15) is 5.58 Å². The van der Waals surface area contributed by atoms with Crippen LogP contribution in [0.1, 0.15) is 31.7 Å². The topological polar surface area (TPSA) is 28.4 Å². The third-order valence-electron chi connectivity index (χ3n) is 4.14. The molecule has 0 spiro atoms. The van der Waals surface area contributed by atoms with Crippen LogP contribution >= 0.6 is 0 Å². The van der Waals surface area contributed by atoms with Gasteiger partial charge in [0.2, 0.25) is 0 Å². The number of nitrogens with zero attached hydrogens (tertiary/aromatic N) is 1. The highest BCUT2D eigenvalue weighted by molar-refractivity contribution is 5.80. The molecule has 2 heterocycles. The first-order valence-corrected chi connectivity index (χ1v) is 7.77. The lowest BCUT2D eigenvalue weighted by molar-refractivity contribution is 0.241. The Bertz CT molecular complexity index is 543. The van der Waals surface area contributed by atoms with Crippen LogP contribution in [0.5, 0.6) is 0 Å². The molecule has 0 saturated carbocycles. The Hall–Kier alpha value is -1.32. The SMILES string of the molecule is CCCN(Cc1coc2ccccc12)CC1CCCN1. The molecule has 3 rings (SSSR count). The van der Waals surface area contributed by atoms with Crippen LogP contribution < -0.4 is 5.32 Å². The molecule has 1 aliphatic heterocycles. The zero-order valence-corrected chi connectivity index (χ0v) is 12.3. The van der Waals surface area contributed by atoms with Gasteiger partial charge in [-0.3, -0.25) is 4.90 Å². The Morgan fingerprint density at radius 1 is 1.35 bits per heavy atom. The summed E-state index contributed by atoms with van der Waals surface area (Å²) < 4.78 is 5.66. The first-order chi connectivity index (χ1) is 9.86. The molecule has 1 aliphatic rings. The van der Waals surface area contributed by atoms with Gasteiger partial charge in [0.05, 0.1) is 6.26 Å². The van der Waals surface area contributed by atoms with Crippen LogP contribution in [0, 0.1) is 0 Å². The van der Waals surface area contributed by atoms with Gasteiger partial charge in [-0.05, 0) is 38.4 Å². The van der Waals surface area contributed by atoms with Crippen LogP contribution in [0.4, 0.5) is 0 Å². The lowest BCUT2D eigenvalue weighted by Crippen LogP contribution is -2.37. The highest BCUT2D eigenvalue weighted by atomic mass is 16.3. The summed E-state index contributed by atoms with van der Waals surface area (Å²) >= 11 is 0. The Morgan fingerprint density at radius 2 is 2.25 bits per heavy atom. The Balaban J connectivity index is 1.71. The molecule has 3 nitrogen and oxygen atoms in total. The van der Waals surface area contributed by atoms with Gasteiger partial charge in [-0.15, -0.1) is 0 Å². The third-order valence-corrected chi connectivity index (χ3v) is 4.14. The van der Waals surface area contributed by atoms with Crippen molar-refractivity contribution in [3.05, 3.63) is 36.1 Å². The van der Waals surface area contributed by atoms with Crippen LogP contribution in [0.25, 0.3) is 11.0 Å². The van der Waals surface area contributed by atoms with Crippen LogP contribution in [0.3, 0.4) is 0 Å². The van der Waals surface area contributed by atoms with Crippen molar-refractivity contribution in [2.24, 2.45) is 0 Å². The van der Waals surface area contributed by atoms with Crippen molar-refractivity contribution in [3.63, 3.8) is 0 Å². The van der Waals surface area contributed by atoms with Crippen molar-refractivity contribution in [2.75, 3.05) is 19.6 Å². The Morgan fingerprint density at radius 3 is 3.05 bits per heavy atom. The Kier molecular flexibility index (Phi) is 4.38. The molecule has 0 aliphatic carbocycles. The number of benzene rings is 1. The van der Waals surface area contributed by atoms with Crippen molar-refractivity contribution in [2.45, 2.75) is 38.8 Å². The molecule has 1 aromatic carbocycles. The van der Waals surface area contributed by atoms with Crippen LogP contribution in [0.2, 0.25) is 0 Å². The number of hydrogen-bond acceptors (Lipinski definition) is 3. The minimum atomic E-state index is 0.666. The van der Waals surface area contributed by atoms with Crippen molar-refractivity contribution >= 4 is 11.0 Å². The average molecular weight is 272 g/mol. The van der Waals surface area contributed by atoms with E-state index in [2.05, 4.69) is 29.3 Å². The van der Waals surface area contributed by atoms with Gasteiger partial charge in [-0.2, -0.15) is 0 Å². The van der Waals surface area contributed by atoms with E-state index < -0.39 is 0 Å². The Labute approximate surface area is 120 Å². The van der Waals surface area contributed by atoms with E-state index in [4.69, 9.17) is 4.42 Å². The minimum Gasteiger partial charge on any atom is -0.464 e. The molecule has 1 unspecified atom stereocenters. The fourth-order valence-electron chi connectivity index (χ4n) is 3.17. The predicted octanol–water partition coefficient (Wildman–Crippen LogP) is 3.40. The normalized spacial score (nSPS) is 19.2. The zero-order valence-electron chi connectivity index (χ0n) is 12.3. The summed E-state index contributed by atoms with van der Waals surface area (Å²) in [6, 6.07) is 8.99. The number of furan rings is 1. The summed E-state index contributed by atoms with van der Waals surface area (Å²) in [7, 11) is 0. The van der Waals surface area contributed by atoms with Gasteiger partial charge >= 0.3 is 0 Å². The third kappa shape index (κ3) is 3.05. The zero-order chi connectivity index (χ0) is 13.8. The van der Waals surface area contributed by atoms with Crippen molar-refractivity contribution in [3.8, 4) is 0 Å². The van der Waals surface area contributed by atoms with Gasteiger partial charge in [-0.1, -0.05) is 25.1 Å². The quantitative estimate of drug-likeness (QED) is 0.873. The molecule has 1 N–H and O–H groups in total. The molecule has 3 heteroatoms. The first-order valence-electron chi connectivity index (χ1n) is 7.77. The molecule has 1 atom stereocenters. The summed E-state index contributed by atoms with van der Waals surface area (Å²) in [6.07, 6.45) is 5.75. The fourth-order valence-corrected chi connectivity index (χ4v) is 3.17. The second-order valence-corrected chi connectivity index (χ2v) is 5.79. The lowest BCUT2D eigenvalue weighted by Gasteiger charge is -2.24. The maximum atomic E-state index is 5.66. The van der Waals surface area contributed by atoms with Gasteiger partial charge in [0.15, 0.2) is 0 Å². The van der Waals surface area contributed by atoms with E-state index >= 15 is 0 Å². The highest BCUT2D eigenvalue weighted by Crippen LogP contribution is 2.22. The number of hydrogen-bond donors (Lipinski definition) is 1.